The highest BCUT2D eigenvalue weighted by Gasteiger charge is 2.29. The van der Waals surface area contributed by atoms with Crippen molar-refractivity contribution in [2.45, 2.75) is 51.2 Å². The zero-order valence-electron chi connectivity index (χ0n) is 12.6. The summed E-state index contributed by atoms with van der Waals surface area (Å²) < 4.78 is 5.68. The van der Waals surface area contributed by atoms with Crippen molar-refractivity contribution >= 4 is 31.1 Å². The highest BCUT2D eigenvalue weighted by Crippen LogP contribution is 2.20. The largest absolute Gasteiger partial charge is 0.458 e. The standard InChI is InChI=1S/C16H22ClNO2.H2S/c1-16(2,11-12-6-8-13(17)9-7-12)20-15(19)14-5-3-4-10-18-14;/h6-9,14,18H,3-5,10-11H2,1-2H3;1H2/t14-;/m0./s1. The highest BCUT2D eigenvalue weighted by atomic mass is 35.5. The zero-order chi connectivity index (χ0) is 14.6. The van der Waals surface area contributed by atoms with E-state index >= 15 is 0 Å². The van der Waals surface area contributed by atoms with Crippen molar-refractivity contribution in [1.29, 1.82) is 0 Å². The zero-order valence-corrected chi connectivity index (χ0v) is 14.4. The molecule has 118 valence electrons. The smallest absolute Gasteiger partial charge is 0.323 e. The normalized spacial score (nSPS) is 18.7. The van der Waals surface area contributed by atoms with Crippen molar-refractivity contribution < 1.29 is 9.53 Å². The number of hydrogen-bond acceptors (Lipinski definition) is 3. The number of halogens is 1. The first kappa shape index (κ1) is 18.3. The molecule has 2 rings (SSSR count). The molecule has 0 unspecified atom stereocenters. The van der Waals surface area contributed by atoms with E-state index < -0.39 is 5.60 Å². The average Bonchev–Trinajstić information content (AvgIpc) is 2.41. The lowest BCUT2D eigenvalue weighted by Crippen LogP contribution is -2.45. The fourth-order valence-electron chi connectivity index (χ4n) is 2.53. The number of piperidine rings is 1. The number of carbonyl (C=O) groups excluding carboxylic acids is 1. The molecule has 0 amide bonds. The maximum atomic E-state index is 12.2. The number of hydrogen-bond donors (Lipinski definition) is 1. The summed E-state index contributed by atoms with van der Waals surface area (Å²) >= 11 is 5.88. The van der Waals surface area contributed by atoms with Crippen LogP contribution < -0.4 is 5.32 Å². The molecule has 0 saturated carbocycles. The maximum Gasteiger partial charge on any atom is 0.323 e. The van der Waals surface area contributed by atoms with Crippen molar-refractivity contribution in [2.75, 3.05) is 6.54 Å². The third-order valence-electron chi connectivity index (χ3n) is 3.51. The van der Waals surface area contributed by atoms with Crippen molar-refractivity contribution in [3.05, 3.63) is 34.9 Å². The molecule has 3 nitrogen and oxygen atoms in total. The first-order valence-electron chi connectivity index (χ1n) is 7.17. The summed E-state index contributed by atoms with van der Waals surface area (Å²) in [5.74, 6) is -0.135. The van der Waals surface area contributed by atoms with Gasteiger partial charge in [-0.25, -0.2) is 0 Å². The Bertz CT molecular complexity index is 456. The van der Waals surface area contributed by atoms with Gasteiger partial charge in [0.05, 0.1) is 0 Å². The summed E-state index contributed by atoms with van der Waals surface area (Å²) in [7, 11) is 0. The summed E-state index contributed by atoms with van der Waals surface area (Å²) in [6, 6.07) is 7.51. The first-order valence-corrected chi connectivity index (χ1v) is 7.55. The van der Waals surface area contributed by atoms with Crippen LogP contribution in [0.5, 0.6) is 0 Å². The first-order chi connectivity index (χ1) is 9.46. The van der Waals surface area contributed by atoms with Gasteiger partial charge in [0.2, 0.25) is 0 Å². The minimum absolute atomic E-state index is 0. The molecule has 0 bridgehead atoms. The molecule has 1 N–H and O–H groups in total. The van der Waals surface area contributed by atoms with Crippen LogP contribution >= 0.6 is 25.1 Å². The van der Waals surface area contributed by atoms with Gasteiger partial charge in [0.1, 0.15) is 11.6 Å². The molecule has 0 spiro atoms. The number of benzene rings is 1. The van der Waals surface area contributed by atoms with Gasteiger partial charge in [-0.1, -0.05) is 30.2 Å². The molecular formula is C16H24ClNO2S. The van der Waals surface area contributed by atoms with Gasteiger partial charge < -0.3 is 10.1 Å². The Hall–Kier alpha value is -0.710. The van der Waals surface area contributed by atoms with Crippen LogP contribution in [0.15, 0.2) is 24.3 Å². The molecule has 21 heavy (non-hydrogen) atoms. The van der Waals surface area contributed by atoms with Gasteiger partial charge in [0.25, 0.3) is 0 Å². The minimum Gasteiger partial charge on any atom is -0.458 e. The quantitative estimate of drug-likeness (QED) is 0.860. The van der Waals surface area contributed by atoms with Crippen LogP contribution in [0.1, 0.15) is 38.7 Å². The second-order valence-corrected chi connectivity index (χ2v) is 6.42. The monoisotopic (exact) mass is 329 g/mol. The maximum absolute atomic E-state index is 12.2. The van der Waals surface area contributed by atoms with Gasteiger partial charge >= 0.3 is 5.97 Å². The molecule has 1 fully saturated rings. The molecule has 1 saturated heterocycles. The van der Waals surface area contributed by atoms with Crippen LogP contribution in [-0.4, -0.2) is 24.2 Å². The number of ether oxygens (including phenoxy) is 1. The summed E-state index contributed by atoms with van der Waals surface area (Å²) in [5, 5.41) is 3.94. The van der Waals surface area contributed by atoms with E-state index in [0.717, 1.165) is 36.4 Å². The Labute approximate surface area is 138 Å². The Kier molecular flexibility index (Phi) is 7.04. The van der Waals surface area contributed by atoms with Crippen molar-refractivity contribution in [3.8, 4) is 0 Å². The molecule has 1 aliphatic heterocycles. The number of carbonyl (C=O) groups is 1. The van der Waals surface area contributed by atoms with Crippen LogP contribution in [0, 0.1) is 0 Å². The fraction of sp³-hybridized carbons (Fsp3) is 0.562. The predicted molar refractivity (Wildman–Crippen MR) is 91.3 cm³/mol. The average molecular weight is 330 g/mol. The van der Waals surface area contributed by atoms with Gasteiger partial charge in [-0.15, -0.1) is 0 Å². The fourth-order valence-corrected chi connectivity index (χ4v) is 2.65. The molecule has 0 aliphatic carbocycles. The Morgan fingerprint density at radius 3 is 2.57 bits per heavy atom. The molecule has 5 heteroatoms. The molecule has 0 aromatic heterocycles. The van der Waals surface area contributed by atoms with E-state index in [1.54, 1.807) is 0 Å². The van der Waals surface area contributed by atoms with E-state index in [9.17, 15) is 4.79 Å². The Morgan fingerprint density at radius 1 is 1.33 bits per heavy atom. The third kappa shape index (κ3) is 5.89. The molecule has 1 aliphatic rings. The topological polar surface area (TPSA) is 38.3 Å². The molecule has 1 heterocycles. The van der Waals surface area contributed by atoms with Crippen LogP contribution in [0.25, 0.3) is 0 Å². The van der Waals surface area contributed by atoms with Gasteiger partial charge in [0, 0.05) is 11.4 Å². The Morgan fingerprint density at radius 2 is 2.00 bits per heavy atom. The molecule has 1 aromatic carbocycles. The molecule has 1 atom stereocenters. The van der Waals surface area contributed by atoms with E-state index in [1.807, 2.05) is 38.1 Å². The lowest BCUT2D eigenvalue weighted by molar-refractivity contribution is -0.159. The molecule has 1 aromatic rings. The number of esters is 1. The van der Waals surface area contributed by atoms with Crippen LogP contribution in [-0.2, 0) is 16.0 Å². The van der Waals surface area contributed by atoms with Crippen LogP contribution in [0.2, 0.25) is 5.02 Å². The van der Waals surface area contributed by atoms with Crippen LogP contribution in [0.3, 0.4) is 0 Å². The molecular weight excluding hydrogens is 306 g/mol. The summed E-state index contributed by atoms with van der Waals surface area (Å²) in [6.45, 7) is 4.79. The lowest BCUT2D eigenvalue weighted by atomic mass is 9.98. The van der Waals surface area contributed by atoms with E-state index in [2.05, 4.69) is 5.32 Å². The minimum atomic E-state index is -0.510. The van der Waals surface area contributed by atoms with Gasteiger partial charge in [-0.2, -0.15) is 13.5 Å². The van der Waals surface area contributed by atoms with Crippen molar-refractivity contribution in [1.82, 2.24) is 5.32 Å². The van der Waals surface area contributed by atoms with Gasteiger partial charge in [-0.05, 0) is 50.9 Å². The predicted octanol–water partition coefficient (Wildman–Crippen LogP) is 3.46. The number of nitrogens with one attached hydrogen (secondary N) is 1. The van der Waals surface area contributed by atoms with E-state index in [1.165, 1.54) is 0 Å². The van der Waals surface area contributed by atoms with E-state index in [-0.39, 0.29) is 25.5 Å². The SMILES string of the molecule is CC(C)(Cc1ccc(Cl)cc1)OC(=O)[C@@H]1CCCCN1.S. The summed E-state index contributed by atoms with van der Waals surface area (Å²) in [6.07, 6.45) is 3.78. The Balaban J connectivity index is 0.00000220. The van der Waals surface area contributed by atoms with Crippen molar-refractivity contribution in [2.24, 2.45) is 0 Å². The number of rotatable bonds is 4. The van der Waals surface area contributed by atoms with E-state index in [0.29, 0.717) is 6.42 Å². The van der Waals surface area contributed by atoms with E-state index in [4.69, 9.17) is 16.3 Å². The van der Waals surface area contributed by atoms with Crippen LogP contribution in [0.4, 0.5) is 0 Å². The van der Waals surface area contributed by atoms with Crippen molar-refractivity contribution in [3.63, 3.8) is 0 Å². The second kappa shape index (κ2) is 8.06. The second-order valence-electron chi connectivity index (χ2n) is 5.99. The third-order valence-corrected chi connectivity index (χ3v) is 3.77. The van der Waals surface area contributed by atoms with Gasteiger partial charge in [-0.3, -0.25) is 4.79 Å². The molecule has 0 radical (unpaired) electrons. The summed E-state index contributed by atoms with van der Waals surface area (Å²) in [5.41, 5.74) is 0.605. The van der Waals surface area contributed by atoms with Gasteiger partial charge in [0.15, 0.2) is 0 Å². The lowest BCUT2D eigenvalue weighted by Gasteiger charge is -2.29. The summed E-state index contributed by atoms with van der Waals surface area (Å²) in [4.78, 5) is 12.2. The highest BCUT2D eigenvalue weighted by molar-refractivity contribution is 7.59.